The second kappa shape index (κ2) is 7.54. The first-order valence-electron chi connectivity index (χ1n) is 7.92. The smallest absolute Gasteiger partial charge is 0.257 e. The van der Waals surface area contributed by atoms with Crippen molar-refractivity contribution in [2.24, 2.45) is 0 Å². The lowest BCUT2D eigenvalue weighted by atomic mass is 10.2. The summed E-state index contributed by atoms with van der Waals surface area (Å²) in [7, 11) is 0. The van der Waals surface area contributed by atoms with Gasteiger partial charge in [0, 0.05) is 30.9 Å². The monoisotopic (exact) mass is 325 g/mol. The van der Waals surface area contributed by atoms with Crippen LogP contribution >= 0.6 is 0 Å². The zero-order chi connectivity index (χ0) is 16.8. The molecule has 0 spiro atoms. The fraction of sp³-hybridized carbons (Fsp3) is 0.294. The van der Waals surface area contributed by atoms with Crippen LogP contribution in [0.1, 0.15) is 25.2 Å². The van der Waals surface area contributed by atoms with Crippen LogP contribution in [0.25, 0.3) is 11.5 Å². The van der Waals surface area contributed by atoms with Crippen molar-refractivity contribution in [3.8, 4) is 11.5 Å². The SMILES string of the molecule is CC[C@@H](C(=O)NCCc1noc(-c2ccccc2)n1)n1cccn1. The molecule has 1 aromatic carbocycles. The lowest BCUT2D eigenvalue weighted by Gasteiger charge is -2.14. The van der Waals surface area contributed by atoms with Crippen LogP contribution in [0.3, 0.4) is 0 Å². The summed E-state index contributed by atoms with van der Waals surface area (Å²) in [6.07, 6.45) is 4.64. The van der Waals surface area contributed by atoms with E-state index in [1.165, 1.54) is 0 Å². The van der Waals surface area contributed by atoms with E-state index in [0.717, 1.165) is 5.56 Å². The van der Waals surface area contributed by atoms with Gasteiger partial charge < -0.3 is 9.84 Å². The summed E-state index contributed by atoms with van der Waals surface area (Å²) in [6.45, 7) is 2.40. The third-order valence-electron chi connectivity index (χ3n) is 3.67. The van der Waals surface area contributed by atoms with Gasteiger partial charge in [-0.25, -0.2) is 0 Å². The Morgan fingerprint density at radius 3 is 2.83 bits per heavy atom. The maximum Gasteiger partial charge on any atom is 0.257 e. The zero-order valence-electron chi connectivity index (χ0n) is 13.4. The van der Waals surface area contributed by atoms with Crippen molar-refractivity contribution < 1.29 is 9.32 Å². The summed E-state index contributed by atoms with van der Waals surface area (Å²) >= 11 is 0. The number of nitrogens with zero attached hydrogens (tertiary/aromatic N) is 4. The molecule has 7 heteroatoms. The molecule has 1 N–H and O–H groups in total. The largest absolute Gasteiger partial charge is 0.354 e. The predicted molar refractivity (Wildman–Crippen MR) is 88.0 cm³/mol. The third kappa shape index (κ3) is 3.68. The van der Waals surface area contributed by atoms with Crippen molar-refractivity contribution in [2.45, 2.75) is 25.8 Å². The van der Waals surface area contributed by atoms with E-state index >= 15 is 0 Å². The molecular formula is C17H19N5O2. The molecule has 24 heavy (non-hydrogen) atoms. The van der Waals surface area contributed by atoms with Gasteiger partial charge in [0.25, 0.3) is 5.89 Å². The van der Waals surface area contributed by atoms with Gasteiger partial charge in [0.2, 0.25) is 5.91 Å². The second-order valence-corrected chi connectivity index (χ2v) is 5.33. The van der Waals surface area contributed by atoms with Crippen LogP contribution in [0, 0.1) is 0 Å². The first-order chi connectivity index (χ1) is 11.8. The van der Waals surface area contributed by atoms with Crippen LogP contribution < -0.4 is 5.32 Å². The van der Waals surface area contributed by atoms with Gasteiger partial charge in [0.05, 0.1) is 0 Å². The molecule has 1 amide bonds. The van der Waals surface area contributed by atoms with E-state index in [2.05, 4.69) is 20.6 Å². The lowest BCUT2D eigenvalue weighted by Crippen LogP contribution is -2.34. The minimum absolute atomic E-state index is 0.0621. The number of rotatable bonds is 7. The molecule has 7 nitrogen and oxygen atoms in total. The Kier molecular flexibility index (Phi) is 5.00. The molecule has 0 fully saturated rings. The average molecular weight is 325 g/mol. The number of carbonyl (C=O) groups is 1. The van der Waals surface area contributed by atoms with Crippen molar-refractivity contribution in [3.05, 3.63) is 54.6 Å². The molecule has 0 aliphatic carbocycles. The van der Waals surface area contributed by atoms with Gasteiger partial charge in [-0.05, 0) is 24.6 Å². The van der Waals surface area contributed by atoms with Crippen LogP contribution in [-0.2, 0) is 11.2 Å². The van der Waals surface area contributed by atoms with Crippen LogP contribution in [-0.4, -0.2) is 32.4 Å². The molecule has 1 atom stereocenters. The first kappa shape index (κ1) is 15.9. The lowest BCUT2D eigenvalue weighted by molar-refractivity contribution is -0.124. The molecular weight excluding hydrogens is 306 g/mol. The highest BCUT2D eigenvalue weighted by Gasteiger charge is 2.18. The van der Waals surface area contributed by atoms with E-state index in [9.17, 15) is 4.79 Å². The van der Waals surface area contributed by atoms with Crippen molar-refractivity contribution in [3.63, 3.8) is 0 Å². The maximum absolute atomic E-state index is 12.3. The molecule has 0 saturated heterocycles. The quantitative estimate of drug-likeness (QED) is 0.720. The Hall–Kier alpha value is -2.96. The molecule has 2 heterocycles. The highest BCUT2D eigenvalue weighted by Crippen LogP contribution is 2.16. The molecule has 0 aliphatic heterocycles. The molecule has 124 valence electrons. The standard InChI is InChI=1S/C17H19N5O2/c1-2-14(22-12-6-10-19-22)16(23)18-11-9-15-20-17(24-21-15)13-7-4-3-5-8-13/h3-8,10,12,14H,2,9,11H2,1H3,(H,18,23)/t14-/m0/s1. The number of hydrogen-bond donors (Lipinski definition) is 1. The Morgan fingerprint density at radius 1 is 1.29 bits per heavy atom. The van der Waals surface area contributed by atoms with E-state index in [1.54, 1.807) is 23.1 Å². The molecule has 0 radical (unpaired) electrons. The van der Waals surface area contributed by atoms with E-state index in [1.807, 2.05) is 37.3 Å². The number of carbonyl (C=O) groups excluding carboxylic acids is 1. The number of benzene rings is 1. The number of amides is 1. The van der Waals surface area contributed by atoms with Gasteiger partial charge in [0.15, 0.2) is 5.82 Å². The van der Waals surface area contributed by atoms with Gasteiger partial charge in [-0.1, -0.05) is 30.3 Å². The topological polar surface area (TPSA) is 85.8 Å². The van der Waals surface area contributed by atoms with E-state index in [0.29, 0.717) is 31.1 Å². The molecule has 3 aromatic rings. The number of nitrogens with one attached hydrogen (secondary N) is 1. The number of hydrogen-bond acceptors (Lipinski definition) is 5. The molecule has 0 unspecified atom stereocenters. The summed E-state index contributed by atoms with van der Waals surface area (Å²) in [4.78, 5) is 16.6. The predicted octanol–water partition coefficient (Wildman–Crippen LogP) is 2.24. The van der Waals surface area contributed by atoms with Gasteiger partial charge in [-0.2, -0.15) is 10.1 Å². The number of aromatic nitrogens is 4. The molecule has 3 rings (SSSR count). The fourth-order valence-electron chi connectivity index (χ4n) is 2.43. The Balaban J connectivity index is 1.53. The van der Waals surface area contributed by atoms with Crippen molar-refractivity contribution >= 4 is 5.91 Å². The van der Waals surface area contributed by atoms with Gasteiger partial charge >= 0.3 is 0 Å². The summed E-state index contributed by atoms with van der Waals surface area (Å²) in [5.74, 6) is 0.995. The third-order valence-corrected chi connectivity index (χ3v) is 3.67. The van der Waals surface area contributed by atoms with Crippen LogP contribution in [0.5, 0.6) is 0 Å². The molecule has 0 saturated carbocycles. The van der Waals surface area contributed by atoms with Crippen LogP contribution in [0.2, 0.25) is 0 Å². The zero-order valence-corrected chi connectivity index (χ0v) is 13.4. The summed E-state index contributed by atoms with van der Waals surface area (Å²) in [6, 6.07) is 11.1. The van der Waals surface area contributed by atoms with Crippen molar-refractivity contribution in [2.75, 3.05) is 6.54 Å². The normalized spacial score (nSPS) is 12.0. The first-order valence-corrected chi connectivity index (χ1v) is 7.92. The Labute approximate surface area is 139 Å². The highest BCUT2D eigenvalue weighted by atomic mass is 16.5. The van der Waals surface area contributed by atoms with Crippen molar-refractivity contribution in [1.82, 2.24) is 25.2 Å². The molecule has 0 aliphatic rings. The average Bonchev–Trinajstić information content (AvgIpc) is 3.28. The Bertz CT molecular complexity index is 767. The van der Waals surface area contributed by atoms with Gasteiger partial charge in [0.1, 0.15) is 6.04 Å². The minimum atomic E-state index is -0.301. The van der Waals surface area contributed by atoms with E-state index < -0.39 is 0 Å². The van der Waals surface area contributed by atoms with Gasteiger partial charge in [-0.15, -0.1) is 0 Å². The highest BCUT2D eigenvalue weighted by molar-refractivity contribution is 5.80. The van der Waals surface area contributed by atoms with Crippen LogP contribution in [0.4, 0.5) is 0 Å². The fourth-order valence-corrected chi connectivity index (χ4v) is 2.43. The maximum atomic E-state index is 12.3. The van der Waals surface area contributed by atoms with Gasteiger partial charge in [-0.3, -0.25) is 9.48 Å². The summed E-state index contributed by atoms with van der Waals surface area (Å²) < 4.78 is 6.91. The van der Waals surface area contributed by atoms with E-state index in [4.69, 9.17) is 4.52 Å². The Morgan fingerprint density at radius 2 is 2.12 bits per heavy atom. The van der Waals surface area contributed by atoms with Crippen LogP contribution in [0.15, 0.2) is 53.3 Å². The molecule has 2 aromatic heterocycles. The second-order valence-electron chi connectivity index (χ2n) is 5.33. The summed E-state index contributed by atoms with van der Waals surface area (Å²) in [5, 5.41) is 11.0. The summed E-state index contributed by atoms with van der Waals surface area (Å²) in [5.41, 5.74) is 0.880. The van der Waals surface area contributed by atoms with Crippen molar-refractivity contribution in [1.29, 1.82) is 0 Å². The minimum Gasteiger partial charge on any atom is -0.354 e. The van der Waals surface area contributed by atoms with E-state index in [-0.39, 0.29) is 11.9 Å². The molecule has 0 bridgehead atoms.